The van der Waals surface area contributed by atoms with Crippen LogP contribution in [0.15, 0.2) is 47.4 Å². The number of rotatable bonds is 6. The van der Waals surface area contributed by atoms with Crippen molar-refractivity contribution in [1.29, 1.82) is 0 Å². The van der Waals surface area contributed by atoms with Crippen LogP contribution in [0.1, 0.15) is 50.5 Å². The van der Waals surface area contributed by atoms with Crippen LogP contribution in [0.2, 0.25) is 0 Å². The van der Waals surface area contributed by atoms with Gasteiger partial charge >= 0.3 is 0 Å². The van der Waals surface area contributed by atoms with Crippen LogP contribution in [0.3, 0.4) is 0 Å². The van der Waals surface area contributed by atoms with Crippen molar-refractivity contribution in [2.45, 2.75) is 44.9 Å². The van der Waals surface area contributed by atoms with Gasteiger partial charge in [-0.2, -0.15) is 0 Å². The second kappa shape index (κ2) is 7.50. The molecule has 0 fully saturated rings. The third-order valence-corrected chi connectivity index (χ3v) is 5.35. The zero-order valence-electron chi connectivity index (χ0n) is 15.8. The molecule has 0 aliphatic rings. The maximum atomic E-state index is 12.9. The number of ether oxygens (including phenoxy) is 1. The number of benzene rings is 2. The largest absolute Gasteiger partial charge is 0.492 e. The first-order valence-electron chi connectivity index (χ1n) is 8.46. The summed E-state index contributed by atoms with van der Waals surface area (Å²) in [5.41, 5.74) is 1.61. The van der Waals surface area contributed by atoms with E-state index in [1.807, 2.05) is 33.8 Å². The Morgan fingerprint density at radius 2 is 1.69 bits per heavy atom. The third kappa shape index (κ3) is 4.64. The Morgan fingerprint density at radius 3 is 2.19 bits per heavy atom. The summed E-state index contributed by atoms with van der Waals surface area (Å²) in [5, 5.41) is 0. The van der Waals surface area contributed by atoms with Crippen LogP contribution >= 0.6 is 0 Å². The van der Waals surface area contributed by atoms with E-state index < -0.39 is 10.0 Å². The molecule has 0 aliphatic carbocycles. The van der Waals surface area contributed by atoms with Gasteiger partial charge in [0.05, 0.1) is 6.61 Å². The number of Topliss-reactive ketones (excluding diaryl/α,β-unsaturated/α-hetero) is 1. The molecular formula is C20H25NO4S. The predicted molar refractivity (Wildman–Crippen MR) is 104 cm³/mol. The van der Waals surface area contributed by atoms with Crippen LogP contribution in [0, 0.1) is 0 Å². The maximum absolute atomic E-state index is 12.9. The van der Waals surface area contributed by atoms with E-state index in [1.165, 1.54) is 6.92 Å². The first-order chi connectivity index (χ1) is 12.0. The SMILES string of the molecule is CCOc1ccc(C(C)(C)C)cc1S(=O)(=O)Nc1ccc(C(C)=O)cc1. The molecule has 0 saturated heterocycles. The molecule has 0 radical (unpaired) electrons. The zero-order valence-corrected chi connectivity index (χ0v) is 16.6. The summed E-state index contributed by atoms with van der Waals surface area (Å²) in [6.45, 7) is 9.70. The summed E-state index contributed by atoms with van der Waals surface area (Å²) in [6, 6.07) is 11.6. The molecule has 0 heterocycles. The average Bonchev–Trinajstić information content (AvgIpc) is 2.54. The van der Waals surface area contributed by atoms with Gasteiger partial charge in [-0.25, -0.2) is 8.42 Å². The molecule has 0 atom stereocenters. The highest BCUT2D eigenvalue weighted by Gasteiger charge is 2.24. The second-order valence-corrected chi connectivity index (χ2v) is 8.73. The van der Waals surface area contributed by atoms with Crippen molar-refractivity contribution in [1.82, 2.24) is 0 Å². The summed E-state index contributed by atoms with van der Waals surface area (Å²) < 4.78 is 33.9. The lowest BCUT2D eigenvalue weighted by atomic mass is 9.87. The molecule has 1 N–H and O–H groups in total. The Labute approximate surface area is 155 Å². The Kier molecular flexibility index (Phi) is 5.76. The van der Waals surface area contributed by atoms with Crippen LogP contribution in [-0.4, -0.2) is 20.8 Å². The molecule has 0 bridgehead atoms. The maximum Gasteiger partial charge on any atom is 0.265 e. The van der Waals surface area contributed by atoms with Crippen molar-refractivity contribution in [2.24, 2.45) is 0 Å². The normalized spacial score (nSPS) is 11.9. The number of hydrogen-bond donors (Lipinski definition) is 1. The quantitative estimate of drug-likeness (QED) is 0.760. The summed E-state index contributed by atoms with van der Waals surface area (Å²) in [6.07, 6.45) is 0. The van der Waals surface area contributed by atoms with Gasteiger partial charge in [0.1, 0.15) is 10.6 Å². The van der Waals surface area contributed by atoms with E-state index in [0.29, 0.717) is 23.6 Å². The van der Waals surface area contributed by atoms with E-state index >= 15 is 0 Å². The van der Waals surface area contributed by atoms with Gasteiger partial charge in [0, 0.05) is 11.3 Å². The van der Waals surface area contributed by atoms with Crippen molar-refractivity contribution in [2.75, 3.05) is 11.3 Å². The van der Waals surface area contributed by atoms with Crippen LogP contribution in [0.25, 0.3) is 0 Å². The topological polar surface area (TPSA) is 72.5 Å². The fourth-order valence-electron chi connectivity index (χ4n) is 2.44. The number of nitrogens with one attached hydrogen (secondary N) is 1. The van der Waals surface area contributed by atoms with E-state index in [0.717, 1.165) is 5.56 Å². The highest BCUT2D eigenvalue weighted by molar-refractivity contribution is 7.92. The van der Waals surface area contributed by atoms with Crippen LogP contribution < -0.4 is 9.46 Å². The van der Waals surface area contributed by atoms with Gasteiger partial charge in [-0.05, 0) is 61.2 Å². The standard InChI is InChI=1S/C20H25NO4S/c1-6-25-18-12-9-16(20(3,4)5)13-19(18)26(23,24)21-17-10-7-15(8-11-17)14(2)22/h7-13,21H,6H2,1-5H3. The van der Waals surface area contributed by atoms with Gasteiger partial charge < -0.3 is 4.74 Å². The molecule has 0 amide bonds. The molecule has 5 nitrogen and oxygen atoms in total. The van der Waals surface area contributed by atoms with E-state index in [9.17, 15) is 13.2 Å². The number of anilines is 1. The molecular weight excluding hydrogens is 350 g/mol. The molecule has 26 heavy (non-hydrogen) atoms. The molecule has 0 saturated carbocycles. The van der Waals surface area contributed by atoms with E-state index in [4.69, 9.17) is 4.74 Å². The first kappa shape index (κ1) is 20.0. The van der Waals surface area contributed by atoms with Crippen molar-refractivity contribution >= 4 is 21.5 Å². The van der Waals surface area contributed by atoms with Gasteiger partial charge in [0.2, 0.25) is 0 Å². The van der Waals surface area contributed by atoms with Crippen molar-refractivity contribution in [3.8, 4) is 5.75 Å². The number of sulfonamides is 1. The van der Waals surface area contributed by atoms with Gasteiger partial charge in [0.25, 0.3) is 10.0 Å². The Balaban J connectivity index is 2.44. The molecule has 140 valence electrons. The molecule has 0 unspecified atom stereocenters. The fraction of sp³-hybridized carbons (Fsp3) is 0.350. The van der Waals surface area contributed by atoms with Crippen molar-refractivity contribution in [3.05, 3.63) is 53.6 Å². The zero-order chi connectivity index (χ0) is 19.5. The Hall–Kier alpha value is -2.34. The Bertz CT molecular complexity index is 894. The fourth-order valence-corrected chi connectivity index (χ4v) is 3.67. The van der Waals surface area contributed by atoms with Crippen LogP contribution in [0.4, 0.5) is 5.69 Å². The lowest BCUT2D eigenvalue weighted by molar-refractivity contribution is 0.101. The van der Waals surface area contributed by atoms with Gasteiger partial charge in [-0.15, -0.1) is 0 Å². The van der Waals surface area contributed by atoms with E-state index in [2.05, 4.69) is 4.72 Å². The molecule has 0 spiro atoms. The lowest BCUT2D eigenvalue weighted by Crippen LogP contribution is -2.17. The lowest BCUT2D eigenvalue weighted by Gasteiger charge is -2.21. The van der Waals surface area contributed by atoms with Crippen LogP contribution in [-0.2, 0) is 15.4 Å². The van der Waals surface area contributed by atoms with Crippen molar-refractivity contribution in [3.63, 3.8) is 0 Å². The number of carbonyl (C=O) groups is 1. The van der Waals surface area contributed by atoms with Crippen LogP contribution in [0.5, 0.6) is 5.75 Å². The molecule has 0 aliphatic heterocycles. The molecule has 0 aromatic heterocycles. The van der Waals surface area contributed by atoms with Gasteiger partial charge in [-0.1, -0.05) is 26.8 Å². The highest BCUT2D eigenvalue weighted by atomic mass is 32.2. The second-order valence-electron chi connectivity index (χ2n) is 7.08. The number of carbonyl (C=O) groups excluding carboxylic acids is 1. The monoisotopic (exact) mass is 375 g/mol. The number of ketones is 1. The molecule has 6 heteroatoms. The van der Waals surface area contributed by atoms with Crippen molar-refractivity contribution < 1.29 is 17.9 Å². The molecule has 2 rings (SSSR count). The van der Waals surface area contributed by atoms with E-state index in [-0.39, 0.29) is 16.1 Å². The highest BCUT2D eigenvalue weighted by Crippen LogP contribution is 2.32. The summed E-state index contributed by atoms with van der Waals surface area (Å²) in [4.78, 5) is 11.5. The Morgan fingerprint density at radius 1 is 1.08 bits per heavy atom. The summed E-state index contributed by atoms with van der Waals surface area (Å²) >= 11 is 0. The first-order valence-corrected chi connectivity index (χ1v) is 9.94. The predicted octanol–water partition coefficient (Wildman–Crippen LogP) is 4.39. The minimum atomic E-state index is -3.84. The molecule has 2 aromatic carbocycles. The summed E-state index contributed by atoms with van der Waals surface area (Å²) in [7, 11) is -3.84. The third-order valence-electron chi connectivity index (χ3n) is 3.94. The minimum Gasteiger partial charge on any atom is -0.492 e. The smallest absolute Gasteiger partial charge is 0.265 e. The van der Waals surface area contributed by atoms with Gasteiger partial charge in [0.15, 0.2) is 5.78 Å². The van der Waals surface area contributed by atoms with Gasteiger partial charge in [-0.3, -0.25) is 9.52 Å². The minimum absolute atomic E-state index is 0.0732. The molecule has 2 aromatic rings. The summed E-state index contributed by atoms with van der Waals surface area (Å²) in [5.74, 6) is 0.240. The average molecular weight is 375 g/mol. The number of hydrogen-bond acceptors (Lipinski definition) is 4. The van der Waals surface area contributed by atoms with E-state index in [1.54, 1.807) is 36.4 Å².